The van der Waals surface area contributed by atoms with Crippen LogP contribution in [0.5, 0.6) is 0 Å². The topological polar surface area (TPSA) is 73.3 Å². The normalized spacial score (nSPS) is 15.4. The van der Waals surface area contributed by atoms with Gasteiger partial charge in [-0.25, -0.2) is 5.48 Å². The van der Waals surface area contributed by atoms with Crippen molar-refractivity contribution in [3.05, 3.63) is 101 Å². The van der Waals surface area contributed by atoms with E-state index in [1.807, 2.05) is 6.20 Å². The highest BCUT2D eigenvalue weighted by Crippen LogP contribution is 2.37. The number of nitrogens with one attached hydrogen (secondary N) is 2. The molecular weight excluding hydrogens is 424 g/mol. The summed E-state index contributed by atoms with van der Waals surface area (Å²) in [5.41, 5.74) is 9.18. The molecule has 0 bridgehead atoms. The Morgan fingerprint density at radius 1 is 1.24 bits per heavy atom. The SMILES string of the molecule is Cn1cc(CCN(Cc2ccc[nH]2)C2CCc3cc(/C=C/C(=O)NO)ccc32)c2ccccc21. The third-order valence-corrected chi connectivity index (χ3v) is 6.87. The van der Waals surface area contributed by atoms with Crippen molar-refractivity contribution in [2.45, 2.75) is 31.8 Å². The summed E-state index contributed by atoms with van der Waals surface area (Å²) >= 11 is 0. The maximum Gasteiger partial charge on any atom is 0.267 e. The summed E-state index contributed by atoms with van der Waals surface area (Å²) in [7, 11) is 2.12. The number of aromatic nitrogens is 2. The monoisotopic (exact) mass is 454 g/mol. The van der Waals surface area contributed by atoms with Gasteiger partial charge in [0.05, 0.1) is 0 Å². The van der Waals surface area contributed by atoms with Crippen molar-refractivity contribution in [2.24, 2.45) is 7.05 Å². The van der Waals surface area contributed by atoms with Gasteiger partial charge in [0.25, 0.3) is 5.91 Å². The molecule has 0 fully saturated rings. The quantitative estimate of drug-likeness (QED) is 0.204. The first-order valence-corrected chi connectivity index (χ1v) is 11.8. The second-order valence-electron chi connectivity index (χ2n) is 9.02. The van der Waals surface area contributed by atoms with Crippen LogP contribution >= 0.6 is 0 Å². The van der Waals surface area contributed by atoms with E-state index < -0.39 is 5.91 Å². The Kier molecular flexibility index (Phi) is 6.34. The number of hydroxylamine groups is 1. The molecule has 2 aromatic carbocycles. The van der Waals surface area contributed by atoms with Crippen molar-refractivity contribution < 1.29 is 10.0 Å². The van der Waals surface area contributed by atoms with E-state index in [2.05, 4.69) is 82.3 Å². The van der Waals surface area contributed by atoms with Crippen molar-refractivity contribution in [3.8, 4) is 0 Å². The second kappa shape index (κ2) is 9.71. The number of fused-ring (bicyclic) bond motifs is 2. The molecule has 6 heteroatoms. The zero-order chi connectivity index (χ0) is 23.5. The smallest absolute Gasteiger partial charge is 0.267 e. The fourth-order valence-electron chi connectivity index (χ4n) is 5.23. The number of carbonyl (C=O) groups excluding carboxylic acids is 1. The lowest BCUT2D eigenvalue weighted by Crippen LogP contribution is -2.29. The molecule has 0 radical (unpaired) electrons. The molecule has 2 heterocycles. The first-order valence-electron chi connectivity index (χ1n) is 11.8. The van der Waals surface area contributed by atoms with Crippen LogP contribution in [0.1, 0.15) is 40.4 Å². The van der Waals surface area contributed by atoms with Crippen molar-refractivity contribution in [2.75, 3.05) is 6.54 Å². The first-order chi connectivity index (χ1) is 16.6. The Labute approximate surface area is 199 Å². The first kappa shape index (κ1) is 22.2. The molecule has 1 atom stereocenters. The summed E-state index contributed by atoms with van der Waals surface area (Å²) in [6.07, 6.45) is 10.4. The minimum absolute atomic E-state index is 0.354. The van der Waals surface area contributed by atoms with Gasteiger partial charge in [0, 0.05) is 61.2 Å². The van der Waals surface area contributed by atoms with Gasteiger partial charge in [-0.1, -0.05) is 36.4 Å². The van der Waals surface area contributed by atoms with Crippen LogP contribution in [0.25, 0.3) is 17.0 Å². The standard InChI is InChI=1S/C28H30N4O2/c1-31-18-22(24-6-2-3-7-26(24)31)14-16-32(19-23-5-4-15-29-23)27-12-10-21-17-20(8-11-25(21)27)9-13-28(33)30-34/h2-9,11,13,15,17-18,27,29,34H,10,12,14,16,19H2,1H3,(H,30,33)/b13-9+. The highest BCUT2D eigenvalue weighted by atomic mass is 16.5. The molecule has 34 heavy (non-hydrogen) atoms. The molecule has 5 rings (SSSR count). The van der Waals surface area contributed by atoms with Gasteiger partial charge in [0.1, 0.15) is 0 Å². The number of H-pyrrole nitrogens is 1. The Balaban J connectivity index is 1.39. The zero-order valence-corrected chi connectivity index (χ0v) is 19.4. The molecular formula is C28H30N4O2. The molecule has 4 aromatic rings. The summed E-state index contributed by atoms with van der Waals surface area (Å²) in [5, 5.41) is 10.0. The highest BCUT2D eigenvalue weighted by Gasteiger charge is 2.28. The number of aromatic amines is 1. The van der Waals surface area contributed by atoms with Crippen molar-refractivity contribution in [1.29, 1.82) is 0 Å². The predicted octanol–water partition coefficient (Wildman–Crippen LogP) is 4.76. The number of nitrogens with zero attached hydrogens (tertiary/aromatic N) is 2. The fraction of sp³-hybridized carbons (Fsp3) is 0.250. The van der Waals surface area contributed by atoms with Crippen LogP contribution in [-0.2, 0) is 31.2 Å². The molecule has 1 aliphatic carbocycles. The molecule has 0 saturated carbocycles. The molecule has 3 N–H and O–H groups in total. The van der Waals surface area contributed by atoms with Gasteiger partial charge in [0.15, 0.2) is 0 Å². The lowest BCUT2D eigenvalue weighted by molar-refractivity contribution is -0.124. The van der Waals surface area contributed by atoms with Crippen LogP contribution in [0.4, 0.5) is 0 Å². The Morgan fingerprint density at radius 3 is 2.94 bits per heavy atom. The van der Waals surface area contributed by atoms with Crippen molar-refractivity contribution in [1.82, 2.24) is 19.9 Å². The van der Waals surface area contributed by atoms with Crippen molar-refractivity contribution >= 4 is 22.9 Å². The average molecular weight is 455 g/mol. The van der Waals surface area contributed by atoms with E-state index in [-0.39, 0.29) is 0 Å². The number of carbonyl (C=O) groups is 1. The fourth-order valence-corrected chi connectivity index (χ4v) is 5.23. The number of hydrogen-bond acceptors (Lipinski definition) is 3. The largest absolute Gasteiger partial charge is 0.364 e. The van der Waals surface area contributed by atoms with Crippen LogP contribution in [0, 0.1) is 0 Å². The molecule has 2 aromatic heterocycles. The van der Waals surface area contributed by atoms with E-state index in [1.54, 1.807) is 11.6 Å². The number of aryl methyl sites for hydroxylation is 2. The number of benzene rings is 2. The van der Waals surface area contributed by atoms with Gasteiger partial charge in [0.2, 0.25) is 0 Å². The minimum atomic E-state index is -0.524. The van der Waals surface area contributed by atoms with Gasteiger partial charge in [-0.3, -0.25) is 14.9 Å². The van der Waals surface area contributed by atoms with Crippen LogP contribution in [-0.4, -0.2) is 32.1 Å². The summed E-state index contributed by atoms with van der Waals surface area (Å²) in [6, 6.07) is 19.6. The van der Waals surface area contributed by atoms with Crippen LogP contribution in [0.15, 0.2) is 73.1 Å². The summed E-state index contributed by atoms with van der Waals surface area (Å²) in [4.78, 5) is 17.3. The molecule has 0 spiro atoms. The number of para-hydroxylation sites is 1. The number of hydrogen-bond donors (Lipinski definition) is 3. The van der Waals surface area contributed by atoms with Crippen LogP contribution in [0.2, 0.25) is 0 Å². The molecule has 6 nitrogen and oxygen atoms in total. The number of rotatable bonds is 8. The van der Waals surface area contributed by atoms with Gasteiger partial charge in [-0.15, -0.1) is 0 Å². The lowest BCUT2D eigenvalue weighted by Gasteiger charge is -2.29. The summed E-state index contributed by atoms with van der Waals surface area (Å²) in [6.45, 7) is 1.84. The Morgan fingerprint density at radius 2 is 2.12 bits per heavy atom. The molecule has 1 aliphatic rings. The molecule has 174 valence electrons. The van der Waals surface area contributed by atoms with E-state index >= 15 is 0 Å². The van der Waals surface area contributed by atoms with E-state index in [0.717, 1.165) is 37.9 Å². The lowest BCUT2D eigenvalue weighted by atomic mass is 10.0. The van der Waals surface area contributed by atoms with Crippen LogP contribution in [0.3, 0.4) is 0 Å². The Bertz CT molecular complexity index is 1320. The maximum absolute atomic E-state index is 11.3. The summed E-state index contributed by atoms with van der Waals surface area (Å²) in [5.74, 6) is -0.524. The summed E-state index contributed by atoms with van der Waals surface area (Å²) < 4.78 is 2.22. The van der Waals surface area contributed by atoms with E-state index in [1.165, 1.54) is 39.4 Å². The maximum atomic E-state index is 11.3. The highest BCUT2D eigenvalue weighted by molar-refractivity contribution is 5.90. The molecule has 0 aliphatic heterocycles. The second-order valence-corrected chi connectivity index (χ2v) is 9.02. The van der Waals surface area contributed by atoms with Gasteiger partial charge >= 0.3 is 0 Å². The van der Waals surface area contributed by atoms with Crippen LogP contribution < -0.4 is 5.48 Å². The molecule has 1 unspecified atom stereocenters. The third-order valence-electron chi connectivity index (χ3n) is 6.87. The van der Waals surface area contributed by atoms with E-state index in [9.17, 15) is 4.79 Å². The third kappa shape index (κ3) is 4.55. The average Bonchev–Trinajstić information content (AvgIpc) is 3.60. The Hall–Kier alpha value is -3.61. The van der Waals surface area contributed by atoms with Gasteiger partial charge in [-0.2, -0.15) is 0 Å². The van der Waals surface area contributed by atoms with Gasteiger partial charge < -0.3 is 9.55 Å². The minimum Gasteiger partial charge on any atom is -0.364 e. The predicted molar refractivity (Wildman–Crippen MR) is 134 cm³/mol. The van der Waals surface area contributed by atoms with Crippen molar-refractivity contribution in [3.63, 3.8) is 0 Å². The zero-order valence-electron chi connectivity index (χ0n) is 19.4. The number of amides is 1. The van der Waals surface area contributed by atoms with E-state index in [0.29, 0.717) is 6.04 Å². The molecule has 1 amide bonds. The van der Waals surface area contributed by atoms with Gasteiger partial charge in [-0.05, 0) is 65.8 Å². The molecule has 0 saturated heterocycles. The van der Waals surface area contributed by atoms with E-state index in [4.69, 9.17) is 5.21 Å².